The second-order valence-electron chi connectivity index (χ2n) is 5.00. The van der Waals surface area contributed by atoms with Crippen molar-refractivity contribution in [3.05, 3.63) is 45.6 Å². The monoisotopic (exact) mass is 304 g/mol. The zero-order valence-electron chi connectivity index (χ0n) is 12.6. The number of thioether (sulfide) groups is 1. The van der Waals surface area contributed by atoms with Gasteiger partial charge < -0.3 is 10.3 Å². The SMILES string of the molecule is Cc1nc(SCCCn2cc(N)ccc2=O)nc(C)c1C. The number of aryl methyl sites for hydroxylation is 3. The normalized spacial score (nSPS) is 10.8. The van der Waals surface area contributed by atoms with E-state index in [0.717, 1.165) is 34.3 Å². The molecule has 0 aliphatic heterocycles. The van der Waals surface area contributed by atoms with Crippen molar-refractivity contribution in [1.29, 1.82) is 0 Å². The van der Waals surface area contributed by atoms with Gasteiger partial charge >= 0.3 is 0 Å². The fraction of sp³-hybridized carbons (Fsp3) is 0.400. The highest BCUT2D eigenvalue weighted by Crippen LogP contribution is 2.17. The van der Waals surface area contributed by atoms with E-state index in [4.69, 9.17) is 5.73 Å². The van der Waals surface area contributed by atoms with Crippen molar-refractivity contribution in [3.63, 3.8) is 0 Å². The molecule has 0 aliphatic carbocycles. The van der Waals surface area contributed by atoms with Crippen molar-refractivity contribution in [2.24, 2.45) is 0 Å². The maximum atomic E-state index is 11.6. The molecule has 2 aromatic heterocycles. The summed E-state index contributed by atoms with van der Waals surface area (Å²) in [7, 11) is 0. The summed E-state index contributed by atoms with van der Waals surface area (Å²) in [5, 5.41) is 0.801. The van der Waals surface area contributed by atoms with E-state index < -0.39 is 0 Å². The molecule has 2 aromatic rings. The Morgan fingerprint density at radius 3 is 2.52 bits per heavy atom. The van der Waals surface area contributed by atoms with Gasteiger partial charge in [0.1, 0.15) is 0 Å². The summed E-state index contributed by atoms with van der Waals surface area (Å²) in [4.78, 5) is 20.6. The zero-order chi connectivity index (χ0) is 15.4. The number of nitrogens with two attached hydrogens (primary N) is 1. The number of anilines is 1. The average Bonchev–Trinajstić information content (AvgIpc) is 2.44. The molecule has 0 amide bonds. The van der Waals surface area contributed by atoms with Crippen LogP contribution in [0, 0.1) is 20.8 Å². The van der Waals surface area contributed by atoms with Gasteiger partial charge in [-0.05, 0) is 38.8 Å². The lowest BCUT2D eigenvalue weighted by atomic mass is 10.2. The van der Waals surface area contributed by atoms with E-state index >= 15 is 0 Å². The van der Waals surface area contributed by atoms with Gasteiger partial charge in [0.05, 0.1) is 0 Å². The average molecular weight is 304 g/mol. The molecule has 0 bridgehead atoms. The highest BCUT2D eigenvalue weighted by atomic mass is 32.2. The Bertz CT molecular complexity index is 673. The number of rotatable bonds is 5. The summed E-state index contributed by atoms with van der Waals surface area (Å²) >= 11 is 1.62. The van der Waals surface area contributed by atoms with Crippen molar-refractivity contribution >= 4 is 17.4 Å². The lowest BCUT2D eigenvalue weighted by Gasteiger charge is -2.08. The first-order valence-electron chi connectivity index (χ1n) is 6.88. The molecular weight excluding hydrogens is 284 g/mol. The summed E-state index contributed by atoms with van der Waals surface area (Å²) < 4.78 is 1.64. The van der Waals surface area contributed by atoms with Gasteiger partial charge in [-0.25, -0.2) is 9.97 Å². The van der Waals surface area contributed by atoms with E-state index in [9.17, 15) is 4.79 Å². The molecule has 0 spiro atoms. The van der Waals surface area contributed by atoms with Crippen LogP contribution in [0.3, 0.4) is 0 Å². The van der Waals surface area contributed by atoms with E-state index in [1.165, 1.54) is 6.07 Å². The largest absolute Gasteiger partial charge is 0.398 e. The molecule has 0 aromatic carbocycles. The van der Waals surface area contributed by atoms with Crippen LogP contribution in [0.25, 0.3) is 0 Å². The Morgan fingerprint density at radius 2 is 1.86 bits per heavy atom. The predicted octanol–water partition coefficient (Wildman–Crippen LogP) is 2.33. The third-order valence-electron chi connectivity index (χ3n) is 3.39. The number of hydrogen-bond donors (Lipinski definition) is 1. The van der Waals surface area contributed by atoms with Gasteiger partial charge in [-0.3, -0.25) is 4.79 Å². The first-order chi connectivity index (χ1) is 9.97. The molecule has 2 N–H and O–H groups in total. The molecule has 2 heterocycles. The Balaban J connectivity index is 1.90. The molecule has 112 valence electrons. The number of nitrogen functional groups attached to an aromatic ring is 1. The Morgan fingerprint density at radius 1 is 1.19 bits per heavy atom. The Hall–Kier alpha value is -1.82. The zero-order valence-corrected chi connectivity index (χ0v) is 13.4. The minimum atomic E-state index is -0.0209. The number of aromatic nitrogens is 3. The van der Waals surface area contributed by atoms with Crippen LogP contribution in [0.15, 0.2) is 28.3 Å². The molecule has 6 heteroatoms. The standard InChI is InChI=1S/C15H20N4OS/c1-10-11(2)17-15(18-12(10)3)21-8-4-7-19-9-13(16)5-6-14(19)20/h5-6,9H,4,7-8,16H2,1-3H3. The van der Waals surface area contributed by atoms with Gasteiger partial charge in [0, 0.05) is 41.6 Å². The highest BCUT2D eigenvalue weighted by Gasteiger charge is 2.05. The molecule has 0 saturated heterocycles. The molecule has 0 radical (unpaired) electrons. The number of pyridine rings is 1. The molecule has 21 heavy (non-hydrogen) atoms. The first kappa shape index (κ1) is 15.6. The molecule has 2 rings (SSSR count). The second kappa shape index (κ2) is 6.76. The lowest BCUT2D eigenvalue weighted by Crippen LogP contribution is -2.19. The third-order valence-corrected chi connectivity index (χ3v) is 4.33. The summed E-state index contributed by atoms with van der Waals surface area (Å²) in [5.74, 6) is 0.864. The van der Waals surface area contributed by atoms with Crippen molar-refractivity contribution < 1.29 is 0 Å². The molecular formula is C15H20N4OS. The van der Waals surface area contributed by atoms with Crippen LogP contribution in [0.2, 0.25) is 0 Å². The maximum Gasteiger partial charge on any atom is 0.250 e. The van der Waals surface area contributed by atoms with Crippen molar-refractivity contribution in [1.82, 2.24) is 14.5 Å². The molecule has 0 aliphatic rings. The minimum Gasteiger partial charge on any atom is -0.398 e. The van der Waals surface area contributed by atoms with Crippen molar-refractivity contribution in [2.75, 3.05) is 11.5 Å². The van der Waals surface area contributed by atoms with Gasteiger partial charge in [0.25, 0.3) is 5.56 Å². The van der Waals surface area contributed by atoms with E-state index in [-0.39, 0.29) is 5.56 Å². The molecule has 0 unspecified atom stereocenters. The van der Waals surface area contributed by atoms with Gasteiger partial charge in [0.15, 0.2) is 5.16 Å². The lowest BCUT2D eigenvalue weighted by molar-refractivity contribution is 0.659. The van der Waals surface area contributed by atoms with Crippen LogP contribution in [0.4, 0.5) is 5.69 Å². The molecule has 0 fully saturated rings. The van der Waals surface area contributed by atoms with Gasteiger partial charge in [-0.1, -0.05) is 11.8 Å². The topological polar surface area (TPSA) is 73.8 Å². The third kappa shape index (κ3) is 4.07. The summed E-state index contributed by atoms with van der Waals surface area (Å²) in [6.45, 7) is 6.69. The molecule has 0 atom stereocenters. The number of nitrogens with zero attached hydrogens (tertiary/aromatic N) is 3. The number of hydrogen-bond acceptors (Lipinski definition) is 5. The highest BCUT2D eigenvalue weighted by molar-refractivity contribution is 7.99. The second-order valence-corrected chi connectivity index (χ2v) is 6.06. The van der Waals surface area contributed by atoms with Crippen LogP contribution in [-0.2, 0) is 6.54 Å². The predicted molar refractivity (Wildman–Crippen MR) is 86.7 cm³/mol. The summed E-state index contributed by atoms with van der Waals surface area (Å²) in [5.41, 5.74) is 9.47. The first-order valence-corrected chi connectivity index (χ1v) is 7.86. The maximum absolute atomic E-state index is 11.6. The fourth-order valence-electron chi connectivity index (χ4n) is 1.93. The quantitative estimate of drug-likeness (QED) is 0.521. The smallest absolute Gasteiger partial charge is 0.250 e. The minimum absolute atomic E-state index is 0.0209. The summed E-state index contributed by atoms with van der Waals surface area (Å²) in [6, 6.07) is 3.12. The van der Waals surface area contributed by atoms with Crippen molar-refractivity contribution in [3.8, 4) is 0 Å². The van der Waals surface area contributed by atoms with E-state index in [2.05, 4.69) is 9.97 Å². The summed E-state index contributed by atoms with van der Waals surface area (Å²) in [6.07, 6.45) is 2.55. The molecule has 5 nitrogen and oxygen atoms in total. The Labute approximate surface area is 128 Å². The van der Waals surface area contributed by atoms with Crippen LogP contribution in [0.1, 0.15) is 23.4 Å². The van der Waals surface area contributed by atoms with Crippen LogP contribution < -0.4 is 11.3 Å². The van der Waals surface area contributed by atoms with Crippen LogP contribution >= 0.6 is 11.8 Å². The van der Waals surface area contributed by atoms with Gasteiger partial charge in [-0.2, -0.15) is 0 Å². The van der Waals surface area contributed by atoms with Crippen molar-refractivity contribution in [2.45, 2.75) is 38.9 Å². The Kier molecular flexibility index (Phi) is 5.01. The van der Waals surface area contributed by atoms with E-state index in [1.807, 2.05) is 20.8 Å². The van der Waals surface area contributed by atoms with Crippen LogP contribution in [-0.4, -0.2) is 20.3 Å². The van der Waals surface area contributed by atoms with Gasteiger partial charge in [0.2, 0.25) is 0 Å². The fourth-order valence-corrected chi connectivity index (χ4v) is 2.79. The van der Waals surface area contributed by atoms with E-state index in [0.29, 0.717) is 12.2 Å². The molecule has 0 saturated carbocycles. The van der Waals surface area contributed by atoms with E-state index in [1.54, 1.807) is 28.6 Å². The van der Waals surface area contributed by atoms with Crippen LogP contribution in [0.5, 0.6) is 0 Å². The van der Waals surface area contributed by atoms with Gasteiger partial charge in [-0.15, -0.1) is 0 Å².